The van der Waals surface area contributed by atoms with Gasteiger partial charge in [-0.2, -0.15) is 0 Å². The summed E-state index contributed by atoms with van der Waals surface area (Å²) in [5, 5.41) is 12.4. The Morgan fingerprint density at radius 3 is 2.96 bits per heavy atom. The zero-order valence-corrected chi connectivity index (χ0v) is 13.3. The maximum Gasteiger partial charge on any atom is 0.322 e. The smallest absolute Gasteiger partial charge is 0.322 e. The molecule has 2 heterocycles. The van der Waals surface area contributed by atoms with Crippen LogP contribution < -0.4 is 10.1 Å². The highest BCUT2D eigenvalue weighted by atomic mass is 16.5. The van der Waals surface area contributed by atoms with Crippen LogP contribution in [-0.4, -0.2) is 47.2 Å². The van der Waals surface area contributed by atoms with Crippen molar-refractivity contribution in [2.24, 2.45) is 11.3 Å². The third-order valence-electron chi connectivity index (χ3n) is 5.01. The highest BCUT2D eigenvalue weighted by Crippen LogP contribution is 2.49. The Bertz CT molecular complexity index is 648. The fraction of sp³-hybridized carbons (Fsp3) is 0.562. The fourth-order valence-corrected chi connectivity index (χ4v) is 3.80. The van der Waals surface area contributed by atoms with Gasteiger partial charge in [0.15, 0.2) is 0 Å². The summed E-state index contributed by atoms with van der Waals surface area (Å²) in [4.78, 5) is 29.9. The van der Waals surface area contributed by atoms with Gasteiger partial charge >= 0.3 is 12.0 Å². The average molecular weight is 319 g/mol. The Balaban J connectivity index is 1.76. The molecule has 2 fully saturated rings. The van der Waals surface area contributed by atoms with E-state index in [1.807, 2.05) is 6.92 Å². The van der Waals surface area contributed by atoms with Crippen LogP contribution in [0.5, 0.6) is 5.88 Å². The first kappa shape index (κ1) is 15.6. The van der Waals surface area contributed by atoms with E-state index in [0.717, 1.165) is 18.4 Å². The van der Waals surface area contributed by atoms with Crippen molar-refractivity contribution < 1.29 is 19.4 Å². The molecular weight excluding hydrogens is 298 g/mol. The molecule has 7 heteroatoms. The number of fused-ring (bicyclic) bond motifs is 1. The van der Waals surface area contributed by atoms with Crippen LogP contribution in [0.4, 0.5) is 10.5 Å². The number of likely N-dealkylation sites (tertiary alicyclic amines) is 1. The predicted molar refractivity (Wildman–Crippen MR) is 83.5 cm³/mol. The molecular formula is C16H21N3O4. The van der Waals surface area contributed by atoms with Gasteiger partial charge in [-0.15, -0.1) is 0 Å². The molecule has 2 atom stereocenters. The molecule has 1 aromatic rings. The van der Waals surface area contributed by atoms with Gasteiger partial charge in [0.05, 0.1) is 12.5 Å². The molecule has 1 aliphatic heterocycles. The van der Waals surface area contributed by atoms with Gasteiger partial charge in [0, 0.05) is 19.3 Å². The molecule has 2 N–H and O–H groups in total. The van der Waals surface area contributed by atoms with Gasteiger partial charge in [-0.25, -0.2) is 9.78 Å². The molecule has 0 spiro atoms. The van der Waals surface area contributed by atoms with Crippen molar-refractivity contribution >= 4 is 17.7 Å². The summed E-state index contributed by atoms with van der Waals surface area (Å²) < 4.78 is 5.16. The number of nitrogens with one attached hydrogen (secondary N) is 1. The minimum atomic E-state index is -0.787. The molecule has 2 amide bonds. The number of urea groups is 1. The third-order valence-corrected chi connectivity index (χ3v) is 5.01. The number of nitrogens with zero attached hydrogens (tertiary/aromatic N) is 2. The van der Waals surface area contributed by atoms with E-state index in [9.17, 15) is 14.7 Å². The first-order valence-corrected chi connectivity index (χ1v) is 7.76. The van der Waals surface area contributed by atoms with Crippen LogP contribution in [0, 0.1) is 18.3 Å². The largest absolute Gasteiger partial charge is 0.481 e. The minimum absolute atomic E-state index is 0.0447. The normalized spacial score (nSPS) is 26.0. The first-order chi connectivity index (χ1) is 11.0. The number of carbonyl (C=O) groups is 2. The van der Waals surface area contributed by atoms with Crippen molar-refractivity contribution in [2.75, 3.05) is 25.5 Å². The number of pyridine rings is 1. The maximum absolute atomic E-state index is 12.5. The van der Waals surface area contributed by atoms with Crippen molar-refractivity contribution in [1.29, 1.82) is 0 Å². The Morgan fingerprint density at radius 2 is 2.30 bits per heavy atom. The monoisotopic (exact) mass is 319 g/mol. The number of anilines is 1. The van der Waals surface area contributed by atoms with Crippen LogP contribution in [0.1, 0.15) is 24.8 Å². The number of amides is 2. The highest BCUT2D eigenvalue weighted by molar-refractivity contribution is 5.91. The number of carbonyl (C=O) groups excluding carboxylic acids is 1. The van der Waals surface area contributed by atoms with Crippen LogP contribution in [-0.2, 0) is 4.79 Å². The summed E-state index contributed by atoms with van der Waals surface area (Å²) in [6, 6.07) is 1.49. The van der Waals surface area contributed by atoms with Crippen LogP contribution >= 0.6 is 0 Å². The molecule has 0 bridgehead atoms. The summed E-state index contributed by atoms with van der Waals surface area (Å²) in [6.07, 6.45) is 4.09. The molecule has 1 saturated carbocycles. The SMILES string of the molecule is COc1ncc(C)cc1NC(=O)N1C[C@@H]2CCC[C@@]2(C(=O)O)C1. The second-order valence-corrected chi connectivity index (χ2v) is 6.43. The predicted octanol–water partition coefficient (Wildman–Crippen LogP) is 2.12. The van der Waals surface area contributed by atoms with E-state index in [2.05, 4.69) is 10.3 Å². The number of aliphatic carboxylic acids is 1. The van der Waals surface area contributed by atoms with Crippen molar-refractivity contribution in [3.05, 3.63) is 17.8 Å². The number of carboxylic acid groups (broad SMARTS) is 1. The molecule has 3 rings (SSSR count). The Morgan fingerprint density at radius 1 is 1.52 bits per heavy atom. The number of hydrogen-bond donors (Lipinski definition) is 2. The topological polar surface area (TPSA) is 91.8 Å². The number of hydrogen-bond acceptors (Lipinski definition) is 4. The molecule has 0 unspecified atom stereocenters. The molecule has 1 aliphatic carbocycles. The second kappa shape index (κ2) is 5.72. The standard InChI is InChI=1S/C16H21N3O4/c1-10-6-12(13(23-2)17-7-10)18-15(22)19-8-11-4-3-5-16(11,9-19)14(20)21/h6-7,11H,3-5,8-9H2,1-2H3,(H,18,22)(H,20,21)/t11-,16+/m0/s1. The number of carboxylic acids is 1. The van der Waals surface area contributed by atoms with Crippen LogP contribution in [0.15, 0.2) is 12.3 Å². The lowest BCUT2D eigenvalue weighted by Gasteiger charge is -2.23. The van der Waals surface area contributed by atoms with Crippen LogP contribution in [0.25, 0.3) is 0 Å². The van der Waals surface area contributed by atoms with Gasteiger partial charge in [-0.1, -0.05) is 6.42 Å². The molecule has 124 valence electrons. The summed E-state index contributed by atoms with van der Waals surface area (Å²) in [5.74, 6) is -0.398. The van der Waals surface area contributed by atoms with Crippen molar-refractivity contribution in [2.45, 2.75) is 26.2 Å². The van der Waals surface area contributed by atoms with Crippen molar-refractivity contribution in [3.63, 3.8) is 0 Å². The quantitative estimate of drug-likeness (QED) is 0.890. The van der Waals surface area contributed by atoms with E-state index in [4.69, 9.17) is 4.74 Å². The molecule has 0 aromatic carbocycles. The summed E-state index contributed by atoms with van der Waals surface area (Å²) >= 11 is 0. The maximum atomic E-state index is 12.5. The summed E-state index contributed by atoms with van der Waals surface area (Å²) in [5.41, 5.74) is 0.632. The van der Waals surface area contributed by atoms with E-state index < -0.39 is 11.4 Å². The van der Waals surface area contributed by atoms with E-state index in [1.54, 1.807) is 17.2 Å². The lowest BCUT2D eigenvalue weighted by atomic mass is 9.81. The van der Waals surface area contributed by atoms with Gasteiger partial charge < -0.3 is 20.1 Å². The highest BCUT2D eigenvalue weighted by Gasteiger charge is 2.55. The van der Waals surface area contributed by atoms with Gasteiger partial charge in [0.2, 0.25) is 5.88 Å². The fourth-order valence-electron chi connectivity index (χ4n) is 3.80. The first-order valence-electron chi connectivity index (χ1n) is 7.76. The third kappa shape index (κ3) is 2.60. The summed E-state index contributed by atoms with van der Waals surface area (Å²) in [6.45, 7) is 2.63. The van der Waals surface area contributed by atoms with Crippen molar-refractivity contribution in [1.82, 2.24) is 9.88 Å². The summed E-state index contributed by atoms with van der Waals surface area (Å²) in [7, 11) is 1.49. The Labute approximate surface area is 134 Å². The molecule has 0 radical (unpaired) electrons. The van der Waals surface area contributed by atoms with Gasteiger partial charge in [0.25, 0.3) is 0 Å². The molecule has 1 aromatic heterocycles. The number of rotatable bonds is 3. The van der Waals surface area contributed by atoms with E-state index in [0.29, 0.717) is 24.5 Å². The van der Waals surface area contributed by atoms with Crippen LogP contribution in [0.3, 0.4) is 0 Å². The molecule has 1 saturated heterocycles. The van der Waals surface area contributed by atoms with Gasteiger partial charge in [-0.3, -0.25) is 4.79 Å². The molecule has 23 heavy (non-hydrogen) atoms. The number of methoxy groups -OCH3 is 1. The lowest BCUT2D eigenvalue weighted by Crippen LogP contribution is -2.38. The zero-order valence-electron chi connectivity index (χ0n) is 13.3. The number of ether oxygens (including phenoxy) is 1. The minimum Gasteiger partial charge on any atom is -0.481 e. The average Bonchev–Trinajstić information content (AvgIpc) is 3.05. The molecule has 7 nitrogen and oxygen atoms in total. The molecule has 2 aliphatic rings. The lowest BCUT2D eigenvalue weighted by molar-refractivity contribution is -0.149. The van der Waals surface area contributed by atoms with E-state index in [1.165, 1.54) is 7.11 Å². The number of aromatic nitrogens is 1. The Hall–Kier alpha value is -2.31. The van der Waals surface area contributed by atoms with Gasteiger partial charge in [0.1, 0.15) is 5.69 Å². The number of aryl methyl sites for hydroxylation is 1. The van der Waals surface area contributed by atoms with E-state index in [-0.39, 0.29) is 18.5 Å². The zero-order chi connectivity index (χ0) is 16.6. The van der Waals surface area contributed by atoms with E-state index >= 15 is 0 Å². The van der Waals surface area contributed by atoms with Crippen LogP contribution in [0.2, 0.25) is 0 Å². The Kier molecular flexibility index (Phi) is 3.87. The van der Waals surface area contributed by atoms with Gasteiger partial charge in [-0.05, 0) is 37.3 Å². The second-order valence-electron chi connectivity index (χ2n) is 6.43. The van der Waals surface area contributed by atoms with Crippen molar-refractivity contribution in [3.8, 4) is 5.88 Å².